The highest BCUT2D eigenvalue weighted by atomic mass is 16.1. The fraction of sp³-hybridized carbons (Fsp3) is 0.613. The minimum Gasteiger partial charge on any atom is -0.294 e. The second-order valence-corrected chi connectivity index (χ2v) is 12.6. The largest absolute Gasteiger partial charge is 0.294 e. The molecule has 2 nitrogen and oxygen atoms in total. The predicted octanol–water partition coefficient (Wildman–Crippen LogP) is 7.73. The quantitative estimate of drug-likeness (QED) is 0.327. The van der Waals surface area contributed by atoms with Gasteiger partial charge < -0.3 is 0 Å². The Bertz CT molecular complexity index is 1030. The number of Topliss-reactive ketones (excluding diaryl/α,β-unsaturated/α-hetero) is 2. The predicted molar refractivity (Wildman–Crippen MR) is 137 cm³/mol. The summed E-state index contributed by atoms with van der Waals surface area (Å²) >= 11 is 0. The molecule has 4 unspecified atom stereocenters. The van der Waals surface area contributed by atoms with E-state index in [1.54, 1.807) is 0 Å². The molecule has 178 valence electrons. The zero-order valence-corrected chi connectivity index (χ0v) is 21.8. The van der Waals surface area contributed by atoms with Crippen molar-refractivity contribution in [3.8, 4) is 0 Å². The smallest absolute Gasteiger partial charge is 0.165 e. The van der Waals surface area contributed by atoms with Gasteiger partial charge in [0, 0.05) is 10.8 Å². The SMILES string of the molecule is C=CC(=C\C(=C/C)\C=C1\C(=O)C2(C)CCC1CC2(C)C)/C=C1/C(=O)C2(C)CCCC1C2(C)C. The van der Waals surface area contributed by atoms with Gasteiger partial charge in [0.25, 0.3) is 0 Å². The average molecular weight is 447 g/mol. The third-order valence-corrected chi connectivity index (χ3v) is 10.6. The number of hydrogen-bond donors (Lipinski definition) is 0. The van der Waals surface area contributed by atoms with E-state index >= 15 is 0 Å². The molecule has 0 aromatic carbocycles. The normalized spacial score (nSPS) is 40.1. The van der Waals surface area contributed by atoms with Gasteiger partial charge in [0.15, 0.2) is 11.6 Å². The van der Waals surface area contributed by atoms with Crippen LogP contribution in [-0.4, -0.2) is 11.6 Å². The highest BCUT2D eigenvalue weighted by molar-refractivity contribution is 6.04. The third kappa shape index (κ3) is 3.34. The summed E-state index contributed by atoms with van der Waals surface area (Å²) in [4.78, 5) is 27.0. The third-order valence-electron chi connectivity index (χ3n) is 10.6. The van der Waals surface area contributed by atoms with Crippen molar-refractivity contribution >= 4 is 11.6 Å². The molecule has 5 fully saturated rings. The molecule has 33 heavy (non-hydrogen) atoms. The Hall–Kier alpha value is -1.96. The van der Waals surface area contributed by atoms with Gasteiger partial charge in [-0.2, -0.15) is 0 Å². The fourth-order valence-corrected chi connectivity index (χ4v) is 7.36. The van der Waals surface area contributed by atoms with Crippen LogP contribution < -0.4 is 0 Å². The van der Waals surface area contributed by atoms with Gasteiger partial charge in [-0.15, -0.1) is 0 Å². The number of carbonyl (C=O) groups is 2. The highest BCUT2D eigenvalue weighted by Crippen LogP contribution is 2.63. The van der Waals surface area contributed by atoms with E-state index in [0.717, 1.165) is 60.8 Å². The summed E-state index contributed by atoms with van der Waals surface area (Å²) in [6.45, 7) is 19.4. The Labute approximate surface area is 201 Å². The van der Waals surface area contributed by atoms with E-state index < -0.39 is 0 Å². The highest BCUT2D eigenvalue weighted by Gasteiger charge is 2.61. The van der Waals surface area contributed by atoms with E-state index in [0.29, 0.717) is 23.4 Å². The van der Waals surface area contributed by atoms with Gasteiger partial charge in [0.1, 0.15) is 0 Å². The zero-order chi connectivity index (χ0) is 24.4. The maximum atomic E-state index is 13.5. The molecule has 5 rings (SSSR count). The molecule has 0 amide bonds. The van der Waals surface area contributed by atoms with Gasteiger partial charge in [0.2, 0.25) is 0 Å². The van der Waals surface area contributed by atoms with Crippen molar-refractivity contribution < 1.29 is 9.59 Å². The first-order valence-electron chi connectivity index (χ1n) is 12.9. The van der Waals surface area contributed by atoms with Crippen LogP contribution in [0.5, 0.6) is 0 Å². The Morgan fingerprint density at radius 1 is 0.879 bits per heavy atom. The van der Waals surface area contributed by atoms with Gasteiger partial charge in [0.05, 0.1) is 0 Å². The molecule has 5 saturated carbocycles. The van der Waals surface area contributed by atoms with Crippen molar-refractivity contribution in [2.75, 3.05) is 0 Å². The molecule has 0 heterocycles. The maximum Gasteiger partial charge on any atom is 0.165 e. The van der Waals surface area contributed by atoms with Crippen molar-refractivity contribution in [1.29, 1.82) is 0 Å². The summed E-state index contributed by atoms with van der Waals surface area (Å²) < 4.78 is 0. The molecule has 4 atom stereocenters. The summed E-state index contributed by atoms with van der Waals surface area (Å²) in [6.07, 6.45) is 16.5. The van der Waals surface area contributed by atoms with Crippen LogP contribution in [0.1, 0.15) is 87.0 Å². The molecular weight excluding hydrogens is 404 g/mol. The van der Waals surface area contributed by atoms with Crippen LogP contribution >= 0.6 is 0 Å². The molecule has 0 spiro atoms. The Morgan fingerprint density at radius 3 is 2.09 bits per heavy atom. The molecule has 0 aliphatic heterocycles. The van der Waals surface area contributed by atoms with Crippen LogP contribution in [0.2, 0.25) is 0 Å². The molecule has 5 aliphatic carbocycles. The molecule has 4 bridgehead atoms. The number of allylic oxidation sites excluding steroid dienone is 9. The minimum atomic E-state index is -0.270. The Balaban J connectivity index is 1.69. The second-order valence-electron chi connectivity index (χ2n) is 12.6. The van der Waals surface area contributed by atoms with Crippen molar-refractivity contribution in [3.63, 3.8) is 0 Å². The lowest BCUT2D eigenvalue weighted by Crippen LogP contribution is -2.53. The first-order chi connectivity index (χ1) is 15.3. The van der Waals surface area contributed by atoms with Crippen LogP contribution in [-0.2, 0) is 9.59 Å². The van der Waals surface area contributed by atoms with Crippen LogP contribution in [0.25, 0.3) is 0 Å². The van der Waals surface area contributed by atoms with Crippen LogP contribution in [0.3, 0.4) is 0 Å². The Kier molecular flexibility index (Phi) is 5.70. The number of fused-ring (bicyclic) bond motifs is 5. The molecule has 2 heteroatoms. The first kappa shape index (κ1) is 24.2. The van der Waals surface area contributed by atoms with Crippen LogP contribution in [0.4, 0.5) is 0 Å². The molecule has 0 radical (unpaired) electrons. The van der Waals surface area contributed by atoms with E-state index in [1.165, 1.54) is 0 Å². The lowest BCUT2D eigenvalue weighted by molar-refractivity contribution is -0.141. The summed E-state index contributed by atoms with van der Waals surface area (Å²) in [5, 5.41) is 0. The van der Waals surface area contributed by atoms with Crippen LogP contribution in [0, 0.1) is 33.5 Å². The summed E-state index contributed by atoms with van der Waals surface area (Å²) in [7, 11) is 0. The molecule has 5 aliphatic rings. The second kappa shape index (κ2) is 7.79. The molecular formula is C31H42O2. The van der Waals surface area contributed by atoms with E-state index in [-0.39, 0.29) is 21.7 Å². The van der Waals surface area contributed by atoms with Gasteiger partial charge >= 0.3 is 0 Å². The molecule has 0 aromatic heterocycles. The van der Waals surface area contributed by atoms with E-state index in [1.807, 2.05) is 13.0 Å². The van der Waals surface area contributed by atoms with Crippen LogP contribution in [0.15, 0.2) is 59.3 Å². The van der Waals surface area contributed by atoms with Gasteiger partial charge in [-0.1, -0.05) is 66.7 Å². The maximum absolute atomic E-state index is 13.5. The van der Waals surface area contributed by atoms with Gasteiger partial charge in [-0.05, 0) is 102 Å². The summed E-state index contributed by atoms with van der Waals surface area (Å²) in [5.41, 5.74) is 3.44. The lowest BCUT2D eigenvalue weighted by atomic mass is 9.47. The average Bonchev–Trinajstić information content (AvgIpc) is 2.83. The monoisotopic (exact) mass is 446 g/mol. The summed E-state index contributed by atoms with van der Waals surface area (Å²) in [6, 6.07) is 0. The minimum absolute atomic E-state index is 0.0121. The molecule has 0 aromatic rings. The fourth-order valence-electron chi connectivity index (χ4n) is 7.36. The zero-order valence-electron chi connectivity index (χ0n) is 21.8. The standard InChI is InChI=1S/C31H42O2/c1-9-20(17-23-22-13-15-30(7,26(23)32)28(3,4)19-22)16-21(10-2)18-24-25-12-11-14-31(8,27(24)33)29(25,5)6/h9-10,16-18,22,25H,2,11-15,19H2,1,3-8H3/b20-9+,21-16+,23-17+,24-18+. The number of hydrogen-bond acceptors (Lipinski definition) is 2. The lowest BCUT2D eigenvalue weighted by Gasteiger charge is -2.55. The van der Waals surface area contributed by atoms with Crippen molar-refractivity contribution in [2.24, 2.45) is 33.5 Å². The van der Waals surface area contributed by atoms with E-state index in [2.05, 4.69) is 72.4 Å². The number of ketones is 2. The molecule has 0 N–H and O–H groups in total. The number of rotatable bonds is 4. The van der Waals surface area contributed by atoms with Crippen molar-refractivity contribution in [2.45, 2.75) is 87.0 Å². The van der Waals surface area contributed by atoms with Gasteiger partial charge in [-0.3, -0.25) is 9.59 Å². The summed E-state index contributed by atoms with van der Waals surface area (Å²) in [5.74, 6) is 1.30. The first-order valence-corrected chi connectivity index (χ1v) is 12.9. The topological polar surface area (TPSA) is 34.1 Å². The van der Waals surface area contributed by atoms with Crippen molar-refractivity contribution in [3.05, 3.63) is 59.3 Å². The van der Waals surface area contributed by atoms with E-state index in [9.17, 15) is 9.59 Å². The van der Waals surface area contributed by atoms with Crippen molar-refractivity contribution in [1.82, 2.24) is 0 Å². The Morgan fingerprint density at radius 2 is 1.52 bits per heavy atom. The molecule has 0 saturated heterocycles. The van der Waals surface area contributed by atoms with Gasteiger partial charge in [-0.25, -0.2) is 0 Å². The van der Waals surface area contributed by atoms with E-state index in [4.69, 9.17) is 0 Å². The number of carbonyl (C=O) groups excluding carboxylic acids is 2.